The molecule has 29 heavy (non-hydrogen) atoms. The lowest BCUT2D eigenvalue weighted by molar-refractivity contribution is 0.103. The van der Waals surface area contributed by atoms with Crippen LogP contribution >= 0.6 is 0 Å². The molecule has 0 aliphatic carbocycles. The molecule has 3 aromatic rings. The highest BCUT2D eigenvalue weighted by Gasteiger charge is 2.20. The first-order chi connectivity index (χ1) is 14.2. The van der Waals surface area contributed by atoms with E-state index in [0.717, 1.165) is 38.3 Å². The van der Waals surface area contributed by atoms with Gasteiger partial charge < -0.3 is 11.1 Å². The lowest BCUT2D eigenvalue weighted by Crippen LogP contribution is -2.38. The third-order valence-corrected chi connectivity index (χ3v) is 5.25. The van der Waals surface area contributed by atoms with Crippen LogP contribution in [0.25, 0.3) is 0 Å². The number of nitrogens with one attached hydrogen (secondary N) is 1. The van der Waals surface area contributed by atoms with Gasteiger partial charge >= 0.3 is 0 Å². The highest BCUT2D eigenvalue weighted by molar-refractivity contribution is 6.10. The normalized spacial score (nSPS) is 15.2. The number of hydrogen-bond donors (Lipinski definition) is 2. The fourth-order valence-corrected chi connectivity index (χ4v) is 3.68. The molecule has 0 radical (unpaired) electrons. The van der Waals surface area contributed by atoms with Crippen LogP contribution in [0.4, 0.5) is 11.6 Å². The van der Waals surface area contributed by atoms with E-state index in [1.54, 1.807) is 24.4 Å². The lowest BCUT2D eigenvalue weighted by Gasteiger charge is -2.32. The zero-order valence-corrected chi connectivity index (χ0v) is 16.3. The summed E-state index contributed by atoms with van der Waals surface area (Å²) in [6, 6.07) is 19.8. The molecule has 1 aliphatic rings. The summed E-state index contributed by atoms with van der Waals surface area (Å²) in [6.45, 7) is 3.07. The molecule has 0 bridgehead atoms. The first-order valence-electron chi connectivity index (χ1n) is 9.94. The van der Waals surface area contributed by atoms with E-state index in [4.69, 9.17) is 5.73 Å². The van der Waals surface area contributed by atoms with Crippen LogP contribution < -0.4 is 11.1 Å². The Labute approximate surface area is 170 Å². The second-order valence-electron chi connectivity index (χ2n) is 7.35. The van der Waals surface area contributed by atoms with Gasteiger partial charge in [0, 0.05) is 31.9 Å². The van der Waals surface area contributed by atoms with Crippen molar-refractivity contribution in [2.24, 2.45) is 0 Å². The van der Waals surface area contributed by atoms with E-state index in [-0.39, 0.29) is 11.6 Å². The summed E-state index contributed by atoms with van der Waals surface area (Å²) in [5.41, 5.74) is 7.94. The number of piperidine rings is 1. The molecule has 6 nitrogen and oxygen atoms in total. The summed E-state index contributed by atoms with van der Waals surface area (Å²) in [4.78, 5) is 23.7. The molecule has 6 heteroatoms. The van der Waals surface area contributed by atoms with Gasteiger partial charge in [0.25, 0.3) is 0 Å². The minimum atomic E-state index is -0.211. The van der Waals surface area contributed by atoms with E-state index in [2.05, 4.69) is 44.5 Å². The zero-order chi connectivity index (χ0) is 20.1. The zero-order valence-electron chi connectivity index (χ0n) is 16.3. The first kappa shape index (κ1) is 19.1. The maximum absolute atomic E-state index is 12.7. The topological polar surface area (TPSA) is 84.1 Å². The summed E-state index contributed by atoms with van der Waals surface area (Å²) >= 11 is 0. The summed E-state index contributed by atoms with van der Waals surface area (Å²) in [5.74, 6) is 0.736. The number of carbonyl (C=O) groups excluding carboxylic acids is 1. The smallest absolute Gasteiger partial charge is 0.215 e. The molecule has 1 aromatic carbocycles. The molecule has 148 valence electrons. The molecular formula is C23H25N5O. The van der Waals surface area contributed by atoms with Crippen LogP contribution in [0.3, 0.4) is 0 Å². The molecule has 0 saturated carbocycles. The predicted octanol–water partition coefficient (Wildman–Crippen LogP) is 3.37. The Hall–Kier alpha value is -3.25. The van der Waals surface area contributed by atoms with E-state index in [9.17, 15) is 4.79 Å². The van der Waals surface area contributed by atoms with Gasteiger partial charge in [0.1, 0.15) is 17.3 Å². The molecule has 1 aliphatic heterocycles. The minimum absolute atomic E-state index is 0.211. The van der Waals surface area contributed by atoms with Crippen molar-refractivity contribution in [3.05, 3.63) is 83.7 Å². The average molecular weight is 387 g/mol. The summed E-state index contributed by atoms with van der Waals surface area (Å²) in [7, 11) is 0. The average Bonchev–Trinajstić information content (AvgIpc) is 2.76. The molecule has 1 saturated heterocycles. The van der Waals surface area contributed by atoms with E-state index in [1.807, 2.05) is 18.2 Å². The van der Waals surface area contributed by atoms with E-state index in [1.165, 1.54) is 5.56 Å². The second-order valence-corrected chi connectivity index (χ2v) is 7.35. The van der Waals surface area contributed by atoms with Crippen LogP contribution in [0.15, 0.2) is 66.9 Å². The maximum Gasteiger partial charge on any atom is 0.215 e. The van der Waals surface area contributed by atoms with E-state index < -0.39 is 0 Å². The number of nitrogens with zero attached hydrogens (tertiary/aromatic N) is 3. The van der Waals surface area contributed by atoms with Gasteiger partial charge in [-0.2, -0.15) is 0 Å². The number of anilines is 2. The fourth-order valence-electron chi connectivity index (χ4n) is 3.68. The fraction of sp³-hybridized carbons (Fsp3) is 0.261. The van der Waals surface area contributed by atoms with Crippen LogP contribution in [0, 0.1) is 0 Å². The number of carbonyl (C=O) groups is 1. The quantitative estimate of drug-likeness (QED) is 0.631. The molecule has 2 aromatic heterocycles. The molecular weight excluding hydrogens is 362 g/mol. The Kier molecular flexibility index (Phi) is 5.81. The number of likely N-dealkylation sites (tertiary alicyclic amines) is 1. The van der Waals surface area contributed by atoms with Crippen molar-refractivity contribution in [1.29, 1.82) is 0 Å². The van der Waals surface area contributed by atoms with Gasteiger partial charge in [-0.1, -0.05) is 36.4 Å². The highest BCUT2D eigenvalue weighted by Crippen LogP contribution is 2.19. The van der Waals surface area contributed by atoms with Crippen molar-refractivity contribution >= 4 is 17.4 Å². The molecule has 0 spiro atoms. The molecule has 0 amide bonds. The third-order valence-electron chi connectivity index (χ3n) is 5.25. The van der Waals surface area contributed by atoms with Crippen molar-refractivity contribution in [1.82, 2.24) is 14.9 Å². The Morgan fingerprint density at radius 2 is 1.83 bits per heavy atom. The van der Waals surface area contributed by atoms with Crippen LogP contribution in [-0.2, 0) is 6.54 Å². The highest BCUT2D eigenvalue weighted by atomic mass is 16.1. The molecule has 0 atom stereocenters. The van der Waals surface area contributed by atoms with Crippen molar-refractivity contribution in [3.63, 3.8) is 0 Å². The number of benzene rings is 1. The van der Waals surface area contributed by atoms with E-state index >= 15 is 0 Å². The number of pyridine rings is 2. The van der Waals surface area contributed by atoms with Crippen LogP contribution in [0.1, 0.15) is 34.5 Å². The van der Waals surface area contributed by atoms with Crippen LogP contribution in [0.5, 0.6) is 0 Å². The molecule has 1 fully saturated rings. The van der Waals surface area contributed by atoms with Crippen LogP contribution in [-0.4, -0.2) is 39.8 Å². The largest absolute Gasteiger partial charge is 0.383 e. The van der Waals surface area contributed by atoms with Gasteiger partial charge in [0.2, 0.25) is 5.78 Å². The monoisotopic (exact) mass is 387 g/mol. The van der Waals surface area contributed by atoms with Crippen molar-refractivity contribution in [3.8, 4) is 0 Å². The minimum Gasteiger partial charge on any atom is -0.383 e. The van der Waals surface area contributed by atoms with Gasteiger partial charge in [-0.3, -0.25) is 9.69 Å². The Morgan fingerprint density at radius 1 is 1.03 bits per heavy atom. The lowest BCUT2D eigenvalue weighted by atomic mass is 10.0. The number of nitrogens with two attached hydrogens (primary N) is 1. The number of rotatable bonds is 6. The number of nitrogen functional groups attached to an aromatic ring is 1. The second kappa shape index (κ2) is 8.84. The Balaban J connectivity index is 1.35. The van der Waals surface area contributed by atoms with Crippen molar-refractivity contribution < 1.29 is 4.79 Å². The van der Waals surface area contributed by atoms with Crippen molar-refractivity contribution in [2.75, 3.05) is 24.1 Å². The third kappa shape index (κ3) is 4.78. The standard InChI is InChI=1S/C23H25N5O/c24-23-19(8-5-13-25-23)22(29)20-9-4-10-21(27-20)26-18-11-14-28(15-12-18)16-17-6-2-1-3-7-17/h1-10,13,18H,11-12,14-16H2,(H2,24,25)(H,26,27). The SMILES string of the molecule is Nc1ncccc1C(=O)c1cccc(NC2CCN(Cc3ccccc3)CC2)n1. The van der Waals surface area contributed by atoms with Gasteiger partial charge in [-0.25, -0.2) is 9.97 Å². The number of hydrogen-bond acceptors (Lipinski definition) is 6. The molecule has 4 rings (SSSR count). The van der Waals surface area contributed by atoms with Gasteiger partial charge in [-0.15, -0.1) is 0 Å². The van der Waals surface area contributed by atoms with E-state index in [0.29, 0.717) is 17.3 Å². The molecule has 3 N–H and O–H groups in total. The first-order valence-corrected chi connectivity index (χ1v) is 9.94. The van der Waals surface area contributed by atoms with Crippen LogP contribution in [0.2, 0.25) is 0 Å². The molecule has 0 unspecified atom stereocenters. The van der Waals surface area contributed by atoms with Gasteiger partial charge in [0.05, 0.1) is 5.56 Å². The van der Waals surface area contributed by atoms with Crippen molar-refractivity contribution in [2.45, 2.75) is 25.4 Å². The summed E-state index contributed by atoms with van der Waals surface area (Å²) in [6.07, 6.45) is 3.66. The maximum atomic E-state index is 12.7. The van der Waals surface area contributed by atoms with Gasteiger partial charge in [-0.05, 0) is 42.7 Å². The van der Waals surface area contributed by atoms with Gasteiger partial charge in [0.15, 0.2) is 0 Å². The number of aromatic nitrogens is 2. The molecule has 3 heterocycles. The summed E-state index contributed by atoms with van der Waals surface area (Å²) < 4.78 is 0. The Morgan fingerprint density at radius 3 is 2.59 bits per heavy atom. The Bertz CT molecular complexity index is 968. The predicted molar refractivity (Wildman–Crippen MR) is 115 cm³/mol. The number of ketones is 1. The summed E-state index contributed by atoms with van der Waals surface area (Å²) in [5, 5.41) is 3.49.